The summed E-state index contributed by atoms with van der Waals surface area (Å²) in [7, 11) is 0. The molecular formula is C24H17F3N4O3. The van der Waals surface area contributed by atoms with Crippen LogP contribution >= 0.6 is 0 Å². The third-order valence-electron chi connectivity index (χ3n) is 4.73. The molecule has 2 N–H and O–H groups in total. The van der Waals surface area contributed by atoms with Crippen LogP contribution in [0.1, 0.15) is 15.9 Å². The van der Waals surface area contributed by atoms with E-state index in [1.807, 2.05) is 0 Å². The molecule has 0 aliphatic heterocycles. The zero-order valence-corrected chi connectivity index (χ0v) is 17.5. The number of amides is 2. The molecule has 0 bridgehead atoms. The normalized spacial score (nSPS) is 11.1. The van der Waals surface area contributed by atoms with E-state index >= 15 is 0 Å². The van der Waals surface area contributed by atoms with E-state index in [-0.39, 0.29) is 11.3 Å². The van der Waals surface area contributed by atoms with E-state index in [0.29, 0.717) is 22.3 Å². The molecule has 172 valence electrons. The van der Waals surface area contributed by atoms with Gasteiger partial charge in [-0.15, -0.1) is 0 Å². The summed E-state index contributed by atoms with van der Waals surface area (Å²) in [5.41, 5.74) is 5.46. The molecule has 0 atom stereocenters. The van der Waals surface area contributed by atoms with Crippen molar-refractivity contribution in [3.05, 3.63) is 90.1 Å². The lowest BCUT2D eigenvalue weighted by molar-refractivity contribution is -0.137. The van der Waals surface area contributed by atoms with Crippen molar-refractivity contribution >= 4 is 22.7 Å². The molecule has 34 heavy (non-hydrogen) atoms. The lowest BCUT2D eigenvalue weighted by atomic mass is 10.1. The van der Waals surface area contributed by atoms with Gasteiger partial charge in [0.2, 0.25) is 0 Å². The Morgan fingerprint density at radius 2 is 1.68 bits per heavy atom. The average molecular weight is 466 g/mol. The highest BCUT2D eigenvalue weighted by molar-refractivity contribution is 6.07. The third-order valence-corrected chi connectivity index (χ3v) is 4.73. The minimum atomic E-state index is -4.53. The molecule has 0 saturated heterocycles. The van der Waals surface area contributed by atoms with Gasteiger partial charge in [-0.05, 0) is 42.5 Å². The van der Waals surface area contributed by atoms with E-state index < -0.39 is 30.2 Å². The standard InChI is InChI=1S/C24H17F3N4O3/c25-24(26,27)15-6-5-7-16(12-15)34-14-22(32)30-31-23(33)18-13-21(20-10-3-4-11-28-20)29-19-9-2-1-8-17(18)19/h1-13H,14H2,(H,30,32)(H,31,33). The molecule has 4 aromatic rings. The number of ether oxygens (including phenoxy) is 1. The van der Waals surface area contributed by atoms with E-state index in [0.717, 1.165) is 12.1 Å². The highest BCUT2D eigenvalue weighted by Crippen LogP contribution is 2.31. The maximum atomic E-state index is 12.8. The zero-order chi connectivity index (χ0) is 24.1. The van der Waals surface area contributed by atoms with Gasteiger partial charge in [0.15, 0.2) is 6.61 Å². The number of benzene rings is 2. The second-order valence-electron chi connectivity index (χ2n) is 7.10. The minimum absolute atomic E-state index is 0.128. The van der Waals surface area contributed by atoms with Crippen molar-refractivity contribution in [3.63, 3.8) is 0 Å². The first kappa shape index (κ1) is 22.7. The number of nitrogens with zero attached hydrogens (tertiary/aromatic N) is 2. The summed E-state index contributed by atoms with van der Waals surface area (Å²) in [6.07, 6.45) is -2.92. The largest absolute Gasteiger partial charge is 0.484 e. The van der Waals surface area contributed by atoms with Crippen LogP contribution in [0.15, 0.2) is 79.0 Å². The van der Waals surface area contributed by atoms with Gasteiger partial charge in [0.25, 0.3) is 11.8 Å². The molecule has 0 aliphatic rings. The van der Waals surface area contributed by atoms with Crippen molar-refractivity contribution in [2.75, 3.05) is 6.61 Å². The molecule has 0 aliphatic carbocycles. The number of alkyl halides is 3. The van der Waals surface area contributed by atoms with Gasteiger partial charge in [-0.1, -0.05) is 30.3 Å². The molecular weight excluding hydrogens is 449 g/mol. The van der Waals surface area contributed by atoms with Crippen molar-refractivity contribution < 1.29 is 27.5 Å². The number of fused-ring (bicyclic) bond motifs is 1. The van der Waals surface area contributed by atoms with Crippen LogP contribution in [0.2, 0.25) is 0 Å². The van der Waals surface area contributed by atoms with Crippen LogP contribution in [0.25, 0.3) is 22.3 Å². The summed E-state index contributed by atoms with van der Waals surface area (Å²) in [6.45, 7) is -0.599. The van der Waals surface area contributed by atoms with Crippen LogP contribution in [-0.2, 0) is 11.0 Å². The van der Waals surface area contributed by atoms with Crippen molar-refractivity contribution in [1.29, 1.82) is 0 Å². The predicted molar refractivity (Wildman–Crippen MR) is 118 cm³/mol. The maximum absolute atomic E-state index is 12.8. The van der Waals surface area contributed by atoms with Gasteiger partial charge in [-0.3, -0.25) is 25.4 Å². The molecule has 0 spiro atoms. The molecule has 2 aromatic carbocycles. The molecule has 2 heterocycles. The van der Waals surface area contributed by atoms with E-state index in [9.17, 15) is 22.8 Å². The number of aromatic nitrogens is 2. The van der Waals surface area contributed by atoms with E-state index in [1.165, 1.54) is 12.1 Å². The summed E-state index contributed by atoms with van der Waals surface area (Å²) < 4.78 is 43.5. The lowest BCUT2D eigenvalue weighted by Crippen LogP contribution is -2.43. The number of para-hydroxylation sites is 1. The fraction of sp³-hybridized carbons (Fsp3) is 0.0833. The van der Waals surface area contributed by atoms with Crippen LogP contribution in [0.4, 0.5) is 13.2 Å². The SMILES string of the molecule is O=C(COc1cccc(C(F)(F)F)c1)NNC(=O)c1cc(-c2ccccn2)nc2ccccc12. The van der Waals surface area contributed by atoms with Crippen molar-refractivity contribution in [3.8, 4) is 17.1 Å². The summed E-state index contributed by atoms with van der Waals surface area (Å²) in [4.78, 5) is 33.7. The van der Waals surface area contributed by atoms with E-state index in [1.54, 1.807) is 54.7 Å². The Bertz CT molecular complexity index is 1340. The number of halogens is 3. The number of hydrogen-bond donors (Lipinski definition) is 2. The third kappa shape index (κ3) is 5.29. The van der Waals surface area contributed by atoms with Gasteiger partial charge < -0.3 is 4.74 Å². The fourth-order valence-electron chi connectivity index (χ4n) is 3.15. The molecule has 2 aromatic heterocycles. The highest BCUT2D eigenvalue weighted by Gasteiger charge is 2.30. The van der Waals surface area contributed by atoms with Gasteiger partial charge in [-0.2, -0.15) is 13.2 Å². The number of rotatable bonds is 5. The number of carbonyl (C=O) groups excluding carboxylic acids is 2. The smallest absolute Gasteiger partial charge is 0.416 e. The molecule has 4 rings (SSSR count). The molecule has 0 saturated carbocycles. The van der Waals surface area contributed by atoms with Gasteiger partial charge in [-0.25, -0.2) is 4.98 Å². The van der Waals surface area contributed by atoms with E-state index in [2.05, 4.69) is 20.8 Å². The van der Waals surface area contributed by atoms with Gasteiger partial charge in [0.1, 0.15) is 5.75 Å². The van der Waals surface area contributed by atoms with E-state index in [4.69, 9.17) is 4.74 Å². The van der Waals surface area contributed by atoms with Gasteiger partial charge >= 0.3 is 6.18 Å². The van der Waals surface area contributed by atoms with Crippen LogP contribution in [0.5, 0.6) is 5.75 Å². The van der Waals surface area contributed by atoms with Gasteiger partial charge in [0.05, 0.1) is 28.0 Å². The van der Waals surface area contributed by atoms with Crippen LogP contribution < -0.4 is 15.6 Å². The monoisotopic (exact) mass is 466 g/mol. The van der Waals surface area contributed by atoms with Crippen molar-refractivity contribution in [1.82, 2.24) is 20.8 Å². The second kappa shape index (κ2) is 9.57. The topological polar surface area (TPSA) is 93.2 Å². The maximum Gasteiger partial charge on any atom is 0.416 e. The fourth-order valence-corrected chi connectivity index (χ4v) is 3.15. The molecule has 0 radical (unpaired) electrons. The summed E-state index contributed by atoms with van der Waals surface area (Å²) in [6, 6.07) is 18.0. The number of hydrazine groups is 1. The number of nitrogens with one attached hydrogen (secondary N) is 2. The first-order chi connectivity index (χ1) is 16.3. The number of carbonyl (C=O) groups is 2. The Morgan fingerprint density at radius 3 is 2.44 bits per heavy atom. The van der Waals surface area contributed by atoms with Crippen LogP contribution in [0, 0.1) is 0 Å². The Kier molecular flexibility index (Phi) is 6.39. The van der Waals surface area contributed by atoms with Crippen LogP contribution in [0.3, 0.4) is 0 Å². The second-order valence-corrected chi connectivity index (χ2v) is 7.10. The summed E-state index contributed by atoms with van der Waals surface area (Å²) in [5.74, 6) is -1.49. The number of hydrogen-bond acceptors (Lipinski definition) is 5. The summed E-state index contributed by atoms with van der Waals surface area (Å²) >= 11 is 0. The zero-order valence-electron chi connectivity index (χ0n) is 17.5. The molecule has 2 amide bonds. The van der Waals surface area contributed by atoms with Crippen molar-refractivity contribution in [2.24, 2.45) is 0 Å². The van der Waals surface area contributed by atoms with Gasteiger partial charge in [0, 0.05) is 11.6 Å². The Hall–Kier alpha value is -4.47. The van der Waals surface area contributed by atoms with Crippen LogP contribution in [-0.4, -0.2) is 28.4 Å². The Morgan fingerprint density at radius 1 is 0.882 bits per heavy atom. The Balaban J connectivity index is 1.45. The lowest BCUT2D eigenvalue weighted by Gasteiger charge is -2.12. The molecule has 10 heteroatoms. The minimum Gasteiger partial charge on any atom is -0.484 e. The number of pyridine rings is 2. The first-order valence-corrected chi connectivity index (χ1v) is 10.0. The molecule has 0 fully saturated rings. The molecule has 0 unspecified atom stereocenters. The quantitative estimate of drug-likeness (QED) is 0.431. The Labute approximate surface area is 191 Å². The predicted octanol–water partition coefficient (Wildman–Crippen LogP) is 4.16. The summed E-state index contributed by atoms with van der Waals surface area (Å²) in [5, 5.41) is 0.564. The first-order valence-electron chi connectivity index (χ1n) is 10.0. The molecule has 7 nitrogen and oxygen atoms in total. The highest BCUT2D eigenvalue weighted by atomic mass is 19.4. The van der Waals surface area contributed by atoms with Crippen molar-refractivity contribution in [2.45, 2.75) is 6.18 Å². The average Bonchev–Trinajstić information content (AvgIpc) is 2.85.